The second-order valence-corrected chi connectivity index (χ2v) is 5.34. The summed E-state index contributed by atoms with van der Waals surface area (Å²) in [5.41, 5.74) is 8.00. The molecule has 1 saturated carbocycles. The Morgan fingerprint density at radius 2 is 2.24 bits per heavy atom. The number of aryl methyl sites for hydroxylation is 1. The molecule has 3 atom stereocenters. The first-order chi connectivity index (χ1) is 8.11. The summed E-state index contributed by atoms with van der Waals surface area (Å²) >= 11 is 0. The highest BCUT2D eigenvalue weighted by molar-refractivity contribution is 5.20. The van der Waals surface area contributed by atoms with Gasteiger partial charge in [0, 0.05) is 29.4 Å². The first kappa shape index (κ1) is 12.5. The van der Waals surface area contributed by atoms with Crippen molar-refractivity contribution >= 4 is 0 Å². The highest BCUT2D eigenvalue weighted by Gasteiger charge is 2.26. The lowest BCUT2D eigenvalue weighted by Crippen LogP contribution is -2.11. The van der Waals surface area contributed by atoms with E-state index in [0.717, 1.165) is 23.0 Å². The fourth-order valence-corrected chi connectivity index (χ4v) is 2.82. The van der Waals surface area contributed by atoms with Gasteiger partial charge in [0.25, 0.3) is 0 Å². The van der Waals surface area contributed by atoms with E-state index in [1.54, 1.807) is 0 Å². The van der Waals surface area contributed by atoms with Gasteiger partial charge in [-0.3, -0.25) is 0 Å². The van der Waals surface area contributed by atoms with Crippen LogP contribution < -0.4 is 5.73 Å². The SMILES string of the molecule is CCC1CCC(c2ncc([C@@H](C)N)c(C)n2)C1. The Hall–Kier alpha value is -0.960. The Bertz CT molecular complexity index is 387. The number of hydrogen-bond donors (Lipinski definition) is 1. The number of hydrogen-bond acceptors (Lipinski definition) is 3. The van der Waals surface area contributed by atoms with Crippen molar-refractivity contribution in [3.05, 3.63) is 23.3 Å². The minimum Gasteiger partial charge on any atom is -0.324 e. The van der Waals surface area contributed by atoms with Gasteiger partial charge in [0.1, 0.15) is 5.82 Å². The number of aromatic nitrogens is 2. The summed E-state index contributed by atoms with van der Waals surface area (Å²) in [6.07, 6.45) is 7.04. The predicted molar refractivity (Wildman–Crippen MR) is 69.7 cm³/mol. The molecular weight excluding hydrogens is 210 g/mol. The average molecular weight is 233 g/mol. The van der Waals surface area contributed by atoms with Crippen LogP contribution in [0, 0.1) is 12.8 Å². The summed E-state index contributed by atoms with van der Waals surface area (Å²) in [5, 5.41) is 0. The van der Waals surface area contributed by atoms with E-state index in [9.17, 15) is 0 Å². The molecule has 17 heavy (non-hydrogen) atoms. The molecule has 0 aliphatic heterocycles. The molecule has 3 nitrogen and oxygen atoms in total. The zero-order chi connectivity index (χ0) is 12.4. The van der Waals surface area contributed by atoms with Gasteiger partial charge in [0.2, 0.25) is 0 Å². The Kier molecular flexibility index (Phi) is 3.77. The highest BCUT2D eigenvalue weighted by Crippen LogP contribution is 2.38. The van der Waals surface area contributed by atoms with Crippen molar-refractivity contribution in [3.8, 4) is 0 Å². The topological polar surface area (TPSA) is 51.8 Å². The summed E-state index contributed by atoms with van der Waals surface area (Å²) in [6.45, 7) is 6.29. The van der Waals surface area contributed by atoms with Gasteiger partial charge in [-0.1, -0.05) is 13.3 Å². The minimum atomic E-state index is 0.0241. The first-order valence-corrected chi connectivity index (χ1v) is 6.70. The van der Waals surface area contributed by atoms with E-state index < -0.39 is 0 Å². The van der Waals surface area contributed by atoms with Crippen LogP contribution in [0.4, 0.5) is 0 Å². The van der Waals surface area contributed by atoms with Crippen LogP contribution in [0.2, 0.25) is 0 Å². The third-order valence-electron chi connectivity index (χ3n) is 4.01. The second-order valence-electron chi connectivity index (χ2n) is 5.34. The van der Waals surface area contributed by atoms with Crippen molar-refractivity contribution in [2.75, 3.05) is 0 Å². The summed E-state index contributed by atoms with van der Waals surface area (Å²) in [7, 11) is 0. The third-order valence-corrected chi connectivity index (χ3v) is 4.01. The molecule has 2 rings (SSSR count). The quantitative estimate of drug-likeness (QED) is 0.872. The minimum absolute atomic E-state index is 0.0241. The lowest BCUT2D eigenvalue weighted by molar-refractivity contribution is 0.516. The van der Waals surface area contributed by atoms with Crippen molar-refractivity contribution in [3.63, 3.8) is 0 Å². The standard InChI is InChI=1S/C14H23N3/c1-4-11-5-6-12(7-11)14-16-8-13(9(2)15)10(3)17-14/h8-9,11-12H,4-7,15H2,1-3H3/t9-,11?,12?/m1/s1. The fourth-order valence-electron chi connectivity index (χ4n) is 2.82. The summed E-state index contributed by atoms with van der Waals surface area (Å²) in [4.78, 5) is 9.17. The molecule has 1 aromatic rings. The molecule has 1 aromatic heterocycles. The monoisotopic (exact) mass is 233 g/mol. The average Bonchev–Trinajstić information content (AvgIpc) is 2.76. The van der Waals surface area contributed by atoms with E-state index in [1.165, 1.54) is 25.7 Å². The highest BCUT2D eigenvalue weighted by atomic mass is 14.9. The van der Waals surface area contributed by atoms with Gasteiger partial charge in [-0.15, -0.1) is 0 Å². The molecule has 2 N–H and O–H groups in total. The van der Waals surface area contributed by atoms with Gasteiger partial charge in [-0.2, -0.15) is 0 Å². The molecule has 0 radical (unpaired) electrons. The molecule has 94 valence electrons. The summed E-state index contributed by atoms with van der Waals surface area (Å²) in [5.74, 6) is 2.47. The molecule has 0 saturated heterocycles. The van der Waals surface area contributed by atoms with Crippen LogP contribution in [0.3, 0.4) is 0 Å². The molecule has 3 heteroatoms. The van der Waals surface area contributed by atoms with Crippen molar-refractivity contribution < 1.29 is 0 Å². The maximum Gasteiger partial charge on any atom is 0.131 e. The second kappa shape index (κ2) is 5.13. The zero-order valence-corrected chi connectivity index (χ0v) is 11.1. The Morgan fingerprint density at radius 1 is 1.47 bits per heavy atom. The number of nitrogens with zero attached hydrogens (tertiary/aromatic N) is 2. The lowest BCUT2D eigenvalue weighted by atomic mass is 10.0. The van der Waals surface area contributed by atoms with Crippen molar-refractivity contribution in [2.24, 2.45) is 11.7 Å². The molecular formula is C14H23N3. The first-order valence-electron chi connectivity index (χ1n) is 6.70. The van der Waals surface area contributed by atoms with E-state index >= 15 is 0 Å². The van der Waals surface area contributed by atoms with Gasteiger partial charge in [0.05, 0.1) is 0 Å². The van der Waals surface area contributed by atoms with Crippen LogP contribution in [-0.4, -0.2) is 9.97 Å². The van der Waals surface area contributed by atoms with Crippen molar-refractivity contribution in [1.82, 2.24) is 9.97 Å². The van der Waals surface area contributed by atoms with Crippen molar-refractivity contribution in [1.29, 1.82) is 0 Å². The Labute approximate surface area is 104 Å². The lowest BCUT2D eigenvalue weighted by Gasteiger charge is -2.13. The maximum absolute atomic E-state index is 5.88. The van der Waals surface area contributed by atoms with E-state index in [0.29, 0.717) is 5.92 Å². The molecule has 1 heterocycles. The van der Waals surface area contributed by atoms with E-state index in [-0.39, 0.29) is 6.04 Å². The molecule has 1 aliphatic rings. The van der Waals surface area contributed by atoms with Gasteiger partial charge in [-0.05, 0) is 39.0 Å². The predicted octanol–water partition coefficient (Wildman–Crippen LogP) is 3.10. The van der Waals surface area contributed by atoms with Gasteiger partial charge >= 0.3 is 0 Å². The number of nitrogens with two attached hydrogens (primary N) is 1. The van der Waals surface area contributed by atoms with Crippen LogP contribution in [0.25, 0.3) is 0 Å². The summed E-state index contributed by atoms with van der Waals surface area (Å²) < 4.78 is 0. The van der Waals surface area contributed by atoms with Gasteiger partial charge in [0.15, 0.2) is 0 Å². The third kappa shape index (κ3) is 2.65. The largest absolute Gasteiger partial charge is 0.324 e. The smallest absolute Gasteiger partial charge is 0.131 e. The van der Waals surface area contributed by atoms with Crippen molar-refractivity contribution in [2.45, 2.75) is 58.4 Å². The van der Waals surface area contributed by atoms with E-state index in [4.69, 9.17) is 5.73 Å². The Balaban J connectivity index is 2.15. The van der Waals surface area contributed by atoms with Crippen LogP contribution >= 0.6 is 0 Å². The summed E-state index contributed by atoms with van der Waals surface area (Å²) in [6, 6.07) is 0.0241. The molecule has 0 spiro atoms. The fraction of sp³-hybridized carbons (Fsp3) is 0.714. The van der Waals surface area contributed by atoms with Gasteiger partial charge in [-0.25, -0.2) is 9.97 Å². The molecule has 1 aliphatic carbocycles. The molecule has 0 bridgehead atoms. The molecule has 2 unspecified atom stereocenters. The van der Waals surface area contributed by atoms with E-state index in [2.05, 4.69) is 16.9 Å². The maximum atomic E-state index is 5.88. The van der Waals surface area contributed by atoms with Crippen LogP contribution in [-0.2, 0) is 0 Å². The van der Waals surface area contributed by atoms with E-state index in [1.807, 2.05) is 20.0 Å². The molecule has 1 fully saturated rings. The zero-order valence-electron chi connectivity index (χ0n) is 11.1. The van der Waals surface area contributed by atoms with Crippen LogP contribution in [0.15, 0.2) is 6.20 Å². The normalized spacial score (nSPS) is 26.1. The Morgan fingerprint density at radius 3 is 2.76 bits per heavy atom. The molecule has 0 amide bonds. The van der Waals surface area contributed by atoms with Crippen LogP contribution in [0.5, 0.6) is 0 Å². The van der Waals surface area contributed by atoms with Crippen LogP contribution in [0.1, 0.15) is 68.6 Å². The van der Waals surface area contributed by atoms with Gasteiger partial charge < -0.3 is 5.73 Å². The molecule has 0 aromatic carbocycles. The number of rotatable bonds is 3.